The number of benzene rings is 1. The highest BCUT2D eigenvalue weighted by molar-refractivity contribution is 6.07. The maximum Gasteiger partial charge on any atom is 0.276 e. The summed E-state index contributed by atoms with van der Waals surface area (Å²) in [7, 11) is 0. The molecule has 0 spiro atoms. The molecule has 1 atom stereocenters. The van der Waals surface area contributed by atoms with Gasteiger partial charge in [-0.1, -0.05) is 19.9 Å². The summed E-state index contributed by atoms with van der Waals surface area (Å²) in [6.07, 6.45) is 5.01. The molecule has 3 heterocycles. The molecule has 1 aliphatic heterocycles. The second-order valence-corrected chi connectivity index (χ2v) is 7.70. The number of piperidine rings is 1. The Kier molecular flexibility index (Phi) is 9.02. The third kappa shape index (κ3) is 6.27. The Morgan fingerprint density at radius 1 is 1.20 bits per heavy atom. The number of carbonyl (C=O) groups is 1. The SMILES string of the molecule is CC.Nc1cc(F)c(-c2c(F)cccc2F)nc1C(=O)Nc1cnccc1OCC1CCCNC1. The number of rotatable bonds is 6. The maximum absolute atomic E-state index is 14.5. The van der Waals surface area contributed by atoms with Crippen LogP contribution in [0, 0.1) is 23.4 Å². The molecule has 3 aromatic rings. The highest BCUT2D eigenvalue weighted by Gasteiger charge is 2.23. The van der Waals surface area contributed by atoms with Crippen LogP contribution in [0.4, 0.5) is 24.5 Å². The Balaban J connectivity index is 0.00000167. The minimum absolute atomic E-state index is 0.260. The standard InChI is InChI=1S/C23H22F3N5O2.C2H6/c24-14-4-1-5-15(25)20(14)21-16(26)9-17(27)22(31-21)23(32)30-18-11-29-8-6-19(18)33-12-13-3-2-7-28-10-13;1-2/h1,4-6,8-9,11,13,28H,2-3,7,10,12,27H2,(H,30,32);1-2H3. The van der Waals surface area contributed by atoms with Gasteiger partial charge in [0.05, 0.1) is 24.1 Å². The van der Waals surface area contributed by atoms with Crippen molar-refractivity contribution >= 4 is 17.3 Å². The first kappa shape index (κ1) is 26.0. The first-order valence-electron chi connectivity index (χ1n) is 11.4. The lowest BCUT2D eigenvalue weighted by molar-refractivity contribution is 0.102. The number of nitrogens with zero attached hydrogens (tertiary/aromatic N) is 2. The number of halogens is 3. The Labute approximate surface area is 201 Å². The van der Waals surface area contributed by atoms with Crippen LogP contribution in [0.15, 0.2) is 42.7 Å². The van der Waals surface area contributed by atoms with E-state index in [1.54, 1.807) is 6.07 Å². The van der Waals surface area contributed by atoms with Crippen LogP contribution in [-0.4, -0.2) is 35.6 Å². The van der Waals surface area contributed by atoms with Gasteiger partial charge in [-0.05, 0) is 31.5 Å². The lowest BCUT2D eigenvalue weighted by Gasteiger charge is -2.23. The topological polar surface area (TPSA) is 102 Å². The van der Waals surface area contributed by atoms with Crippen molar-refractivity contribution in [2.45, 2.75) is 26.7 Å². The van der Waals surface area contributed by atoms with Crippen LogP contribution in [0.1, 0.15) is 37.2 Å². The summed E-state index contributed by atoms with van der Waals surface area (Å²) in [5.41, 5.74) is 4.03. The highest BCUT2D eigenvalue weighted by Crippen LogP contribution is 2.30. The fraction of sp³-hybridized carbons (Fsp3) is 0.320. The monoisotopic (exact) mass is 487 g/mol. The summed E-state index contributed by atoms with van der Waals surface area (Å²) in [6, 6.07) is 5.49. The summed E-state index contributed by atoms with van der Waals surface area (Å²) in [5.74, 6) is -3.16. The molecular weight excluding hydrogens is 459 g/mol. The number of nitrogens with one attached hydrogen (secondary N) is 2. The number of aromatic nitrogens is 2. The molecular formula is C25H28F3N5O2. The van der Waals surface area contributed by atoms with Gasteiger partial charge in [-0.2, -0.15) is 0 Å². The van der Waals surface area contributed by atoms with Crippen LogP contribution < -0.4 is 21.1 Å². The molecule has 0 aliphatic carbocycles. The Hall–Kier alpha value is -3.66. The van der Waals surface area contributed by atoms with Gasteiger partial charge < -0.3 is 21.1 Å². The van der Waals surface area contributed by atoms with Crippen molar-refractivity contribution in [1.82, 2.24) is 15.3 Å². The Bertz CT molecular complexity index is 1150. The number of nitrogens with two attached hydrogens (primary N) is 1. The van der Waals surface area contributed by atoms with Crippen LogP contribution >= 0.6 is 0 Å². The van der Waals surface area contributed by atoms with Crippen molar-refractivity contribution in [2.75, 3.05) is 30.7 Å². The van der Waals surface area contributed by atoms with Gasteiger partial charge in [-0.15, -0.1) is 0 Å². The molecule has 1 amide bonds. The molecule has 4 rings (SSSR count). The number of hydrogen-bond acceptors (Lipinski definition) is 6. The molecule has 0 radical (unpaired) electrons. The zero-order chi connectivity index (χ0) is 25.4. The normalized spacial score (nSPS) is 15.1. The molecule has 7 nitrogen and oxygen atoms in total. The molecule has 0 bridgehead atoms. The molecule has 1 fully saturated rings. The van der Waals surface area contributed by atoms with E-state index in [1.165, 1.54) is 12.4 Å². The fourth-order valence-corrected chi connectivity index (χ4v) is 3.64. The predicted octanol–water partition coefficient (Wildman–Crippen LogP) is 4.80. The van der Waals surface area contributed by atoms with Crippen LogP contribution in [0.3, 0.4) is 0 Å². The van der Waals surface area contributed by atoms with Crippen molar-refractivity contribution < 1.29 is 22.7 Å². The van der Waals surface area contributed by atoms with Gasteiger partial charge in [0.15, 0.2) is 11.5 Å². The first-order valence-corrected chi connectivity index (χ1v) is 11.4. The molecule has 10 heteroatoms. The average Bonchev–Trinajstić information content (AvgIpc) is 2.86. The number of anilines is 2. The number of amides is 1. The molecule has 2 aromatic heterocycles. The highest BCUT2D eigenvalue weighted by atomic mass is 19.1. The molecule has 1 unspecified atom stereocenters. The van der Waals surface area contributed by atoms with Gasteiger partial charge in [0.1, 0.15) is 28.8 Å². The second-order valence-electron chi connectivity index (χ2n) is 7.70. The number of ether oxygens (including phenoxy) is 1. The van der Waals surface area contributed by atoms with E-state index in [1.807, 2.05) is 13.8 Å². The van der Waals surface area contributed by atoms with E-state index in [9.17, 15) is 18.0 Å². The van der Waals surface area contributed by atoms with Gasteiger partial charge in [-0.3, -0.25) is 9.78 Å². The molecule has 35 heavy (non-hydrogen) atoms. The lowest BCUT2D eigenvalue weighted by Crippen LogP contribution is -2.33. The Morgan fingerprint density at radius 3 is 2.63 bits per heavy atom. The van der Waals surface area contributed by atoms with Crippen molar-refractivity contribution in [2.24, 2.45) is 5.92 Å². The lowest BCUT2D eigenvalue weighted by atomic mass is 10.0. The second kappa shape index (κ2) is 12.2. The summed E-state index contributed by atoms with van der Waals surface area (Å²) in [5, 5.41) is 5.90. The molecule has 0 saturated carbocycles. The summed E-state index contributed by atoms with van der Waals surface area (Å²) in [6.45, 7) is 6.28. The van der Waals surface area contributed by atoms with E-state index in [0.717, 1.165) is 50.2 Å². The molecule has 1 saturated heterocycles. The third-order valence-electron chi connectivity index (χ3n) is 5.32. The fourth-order valence-electron chi connectivity index (χ4n) is 3.64. The van der Waals surface area contributed by atoms with Gasteiger partial charge >= 0.3 is 0 Å². The number of nitrogen functional groups attached to an aromatic ring is 1. The quantitative estimate of drug-likeness (QED) is 0.462. The molecule has 1 aromatic carbocycles. The molecule has 4 N–H and O–H groups in total. The average molecular weight is 488 g/mol. The molecule has 1 aliphatic rings. The van der Waals surface area contributed by atoms with Gasteiger partial charge in [0.2, 0.25) is 0 Å². The van der Waals surface area contributed by atoms with E-state index in [-0.39, 0.29) is 17.1 Å². The van der Waals surface area contributed by atoms with E-state index >= 15 is 0 Å². The van der Waals surface area contributed by atoms with Gasteiger partial charge in [0.25, 0.3) is 5.91 Å². The van der Waals surface area contributed by atoms with Crippen molar-refractivity contribution in [1.29, 1.82) is 0 Å². The predicted molar refractivity (Wildman–Crippen MR) is 129 cm³/mol. The summed E-state index contributed by atoms with van der Waals surface area (Å²) < 4.78 is 48.7. The zero-order valence-electron chi connectivity index (χ0n) is 19.6. The van der Waals surface area contributed by atoms with Crippen LogP contribution in [0.25, 0.3) is 11.3 Å². The maximum atomic E-state index is 14.5. The first-order chi connectivity index (χ1) is 16.9. The van der Waals surface area contributed by atoms with Crippen molar-refractivity contribution in [3.05, 3.63) is 65.9 Å². The van der Waals surface area contributed by atoms with Crippen molar-refractivity contribution in [3.63, 3.8) is 0 Å². The van der Waals surface area contributed by atoms with Gasteiger partial charge in [-0.25, -0.2) is 18.2 Å². The van der Waals surface area contributed by atoms with Crippen LogP contribution in [0.5, 0.6) is 5.75 Å². The van der Waals surface area contributed by atoms with Gasteiger partial charge in [0, 0.05) is 30.8 Å². The van der Waals surface area contributed by atoms with E-state index in [4.69, 9.17) is 10.5 Å². The van der Waals surface area contributed by atoms with Crippen LogP contribution in [-0.2, 0) is 0 Å². The summed E-state index contributed by atoms with van der Waals surface area (Å²) in [4.78, 5) is 20.7. The summed E-state index contributed by atoms with van der Waals surface area (Å²) >= 11 is 0. The minimum atomic E-state index is -1.06. The largest absolute Gasteiger partial charge is 0.491 e. The van der Waals surface area contributed by atoms with Crippen molar-refractivity contribution in [3.8, 4) is 17.0 Å². The number of carbonyl (C=O) groups excluding carboxylic acids is 1. The van der Waals surface area contributed by atoms with E-state index in [0.29, 0.717) is 18.3 Å². The molecule has 186 valence electrons. The number of hydrogen-bond donors (Lipinski definition) is 3. The smallest absolute Gasteiger partial charge is 0.276 e. The Morgan fingerprint density at radius 2 is 1.94 bits per heavy atom. The van der Waals surface area contributed by atoms with Crippen LogP contribution in [0.2, 0.25) is 0 Å². The number of pyridine rings is 2. The minimum Gasteiger partial charge on any atom is -0.491 e. The third-order valence-corrected chi connectivity index (χ3v) is 5.32. The zero-order valence-corrected chi connectivity index (χ0v) is 19.6. The van der Waals surface area contributed by atoms with E-state index < -0.39 is 34.6 Å². The van der Waals surface area contributed by atoms with E-state index in [2.05, 4.69) is 20.6 Å².